The Morgan fingerprint density at radius 1 is 1.67 bits per heavy atom. The highest BCUT2D eigenvalue weighted by atomic mass is 32.2. The van der Waals surface area contributed by atoms with E-state index in [-0.39, 0.29) is 11.5 Å². The van der Waals surface area contributed by atoms with Crippen molar-refractivity contribution >= 4 is 27.4 Å². The summed E-state index contributed by atoms with van der Waals surface area (Å²) in [5.41, 5.74) is 4.95. The maximum absolute atomic E-state index is 10.1. The number of rotatable bonds is 3. The predicted octanol–water partition coefficient (Wildman–Crippen LogP) is -1.93. The molecular weight excluding hydrogens is 162 g/mol. The van der Waals surface area contributed by atoms with Gasteiger partial charge in [0, 0.05) is 0 Å². The fraction of sp³-hybridized carbons (Fsp3) is 0.500. The molecule has 0 aliphatic heterocycles. The first-order valence-electron chi connectivity index (χ1n) is 1.97. The third-order valence-electron chi connectivity index (χ3n) is 0.448. The molecule has 0 aromatic heterocycles. The fourth-order valence-corrected chi connectivity index (χ4v) is 0.692. The van der Waals surface area contributed by atoms with Crippen molar-refractivity contribution in [2.45, 2.75) is 0 Å². The highest BCUT2D eigenvalue weighted by Crippen LogP contribution is 1.66. The van der Waals surface area contributed by atoms with Crippen molar-refractivity contribution in [3.63, 3.8) is 0 Å². The topological polar surface area (TPSA) is 98.2 Å². The minimum Gasteiger partial charge on any atom is -0.392 e. The Kier molecular flexibility index (Phi) is 2.98. The number of hydrogen-bond acceptors (Lipinski definition) is 3. The van der Waals surface area contributed by atoms with Gasteiger partial charge in [-0.2, -0.15) is 13.1 Å². The smallest absolute Gasteiger partial charge is 0.274 e. The van der Waals surface area contributed by atoms with Gasteiger partial charge in [0.15, 0.2) is 0 Å². The molecule has 0 aliphatic carbocycles. The van der Waals surface area contributed by atoms with Gasteiger partial charge in [0.25, 0.3) is 10.2 Å². The first-order chi connectivity index (χ1) is 3.92. The zero-order valence-electron chi connectivity index (χ0n) is 4.49. The summed E-state index contributed by atoms with van der Waals surface area (Å²) in [7, 11) is -3.64. The molecular formula is C2H7N3O2S2. The summed E-state index contributed by atoms with van der Waals surface area (Å²) in [6.07, 6.45) is 0. The summed E-state index contributed by atoms with van der Waals surface area (Å²) in [4.78, 5) is 0.0593. The zero-order valence-corrected chi connectivity index (χ0v) is 6.13. The number of nitrogens with two attached hydrogens (primary N) is 2. The normalized spacial score (nSPS) is 11.2. The van der Waals surface area contributed by atoms with Crippen molar-refractivity contribution in [3.05, 3.63) is 0 Å². The van der Waals surface area contributed by atoms with E-state index in [2.05, 4.69) is 17.4 Å². The molecule has 54 valence electrons. The quantitative estimate of drug-likeness (QED) is 0.428. The molecule has 0 aliphatic rings. The Morgan fingerprint density at radius 2 is 2.11 bits per heavy atom. The second-order valence-electron chi connectivity index (χ2n) is 1.33. The minimum absolute atomic E-state index is 0.0593. The van der Waals surface area contributed by atoms with Gasteiger partial charge in [0.05, 0.1) is 11.5 Å². The van der Waals surface area contributed by atoms with Crippen LogP contribution in [-0.4, -0.2) is 20.0 Å². The van der Waals surface area contributed by atoms with Gasteiger partial charge in [0.1, 0.15) is 0 Å². The lowest BCUT2D eigenvalue weighted by atomic mass is 10.7. The van der Waals surface area contributed by atoms with Crippen LogP contribution in [0.2, 0.25) is 0 Å². The van der Waals surface area contributed by atoms with Crippen molar-refractivity contribution in [2.24, 2.45) is 10.9 Å². The monoisotopic (exact) mass is 169 g/mol. The molecule has 0 atom stereocenters. The van der Waals surface area contributed by atoms with Gasteiger partial charge >= 0.3 is 0 Å². The molecule has 0 fully saturated rings. The number of nitrogens with one attached hydrogen (secondary N) is 1. The van der Waals surface area contributed by atoms with E-state index in [9.17, 15) is 8.42 Å². The lowest BCUT2D eigenvalue weighted by Crippen LogP contribution is -2.36. The maximum atomic E-state index is 10.1. The highest BCUT2D eigenvalue weighted by molar-refractivity contribution is 7.87. The number of thiocarbonyl (C=S) groups is 1. The molecule has 0 radical (unpaired) electrons. The minimum atomic E-state index is -3.64. The van der Waals surface area contributed by atoms with Crippen LogP contribution in [0.15, 0.2) is 0 Å². The fourth-order valence-electron chi connectivity index (χ4n) is 0.172. The summed E-state index contributed by atoms with van der Waals surface area (Å²) >= 11 is 4.36. The van der Waals surface area contributed by atoms with Gasteiger partial charge in [-0.1, -0.05) is 12.2 Å². The Bertz CT molecular complexity index is 196. The van der Waals surface area contributed by atoms with Crippen LogP contribution < -0.4 is 15.6 Å². The SMILES string of the molecule is NC(=S)CNS(N)(=O)=O. The summed E-state index contributed by atoms with van der Waals surface area (Å²) < 4.78 is 22.1. The van der Waals surface area contributed by atoms with Crippen LogP contribution in [-0.2, 0) is 10.2 Å². The molecule has 0 rings (SSSR count). The molecule has 0 unspecified atom stereocenters. The van der Waals surface area contributed by atoms with Gasteiger partial charge in [-0.25, -0.2) is 5.14 Å². The van der Waals surface area contributed by atoms with E-state index < -0.39 is 10.2 Å². The predicted molar refractivity (Wildman–Crippen MR) is 37.9 cm³/mol. The van der Waals surface area contributed by atoms with Crippen molar-refractivity contribution in [3.8, 4) is 0 Å². The Morgan fingerprint density at radius 3 is 2.22 bits per heavy atom. The molecule has 5 nitrogen and oxygen atoms in total. The first kappa shape index (κ1) is 8.76. The lowest BCUT2D eigenvalue weighted by Gasteiger charge is -1.96. The van der Waals surface area contributed by atoms with E-state index in [0.717, 1.165) is 0 Å². The summed E-state index contributed by atoms with van der Waals surface area (Å²) in [5.74, 6) is 0. The Balaban J connectivity index is 3.67. The lowest BCUT2D eigenvalue weighted by molar-refractivity contribution is 0.588. The second-order valence-corrected chi connectivity index (χ2v) is 3.24. The Hall–Kier alpha value is -0.240. The molecule has 5 N–H and O–H groups in total. The summed E-state index contributed by atoms with van der Waals surface area (Å²) in [6.45, 7) is -0.0891. The molecule has 0 spiro atoms. The van der Waals surface area contributed by atoms with Crippen LogP contribution in [0.25, 0.3) is 0 Å². The van der Waals surface area contributed by atoms with Crippen LogP contribution >= 0.6 is 12.2 Å². The van der Waals surface area contributed by atoms with Gasteiger partial charge in [0.2, 0.25) is 0 Å². The molecule has 0 saturated heterocycles. The second kappa shape index (κ2) is 3.06. The zero-order chi connectivity index (χ0) is 7.49. The van der Waals surface area contributed by atoms with Crippen molar-refractivity contribution < 1.29 is 8.42 Å². The van der Waals surface area contributed by atoms with Crippen LogP contribution in [0.1, 0.15) is 0 Å². The molecule has 9 heavy (non-hydrogen) atoms. The van der Waals surface area contributed by atoms with Gasteiger partial charge in [-0.05, 0) is 0 Å². The van der Waals surface area contributed by atoms with Crippen LogP contribution in [0.5, 0.6) is 0 Å². The van der Waals surface area contributed by atoms with Crippen molar-refractivity contribution in [2.75, 3.05) is 6.54 Å². The average molecular weight is 169 g/mol. The molecule has 0 aromatic carbocycles. The molecule has 0 heterocycles. The third kappa shape index (κ3) is 7.76. The maximum Gasteiger partial charge on any atom is 0.274 e. The largest absolute Gasteiger partial charge is 0.392 e. The number of hydrogen-bond donors (Lipinski definition) is 3. The van der Waals surface area contributed by atoms with Crippen molar-refractivity contribution in [1.29, 1.82) is 0 Å². The van der Waals surface area contributed by atoms with Gasteiger partial charge in [-0.15, -0.1) is 0 Å². The first-order valence-corrected chi connectivity index (χ1v) is 3.93. The van der Waals surface area contributed by atoms with Crippen molar-refractivity contribution in [1.82, 2.24) is 4.72 Å². The highest BCUT2D eigenvalue weighted by Gasteiger charge is 1.98. The van der Waals surface area contributed by atoms with Crippen LogP contribution in [0.4, 0.5) is 0 Å². The van der Waals surface area contributed by atoms with E-state index in [1.54, 1.807) is 0 Å². The Labute approximate surface area is 58.6 Å². The molecule has 7 heteroatoms. The standard InChI is InChI=1S/C2H7N3O2S2/c3-2(8)1-5-9(4,6)7/h5H,1H2,(H2,3,8)(H2,4,6,7). The van der Waals surface area contributed by atoms with Gasteiger partial charge < -0.3 is 5.73 Å². The van der Waals surface area contributed by atoms with Crippen LogP contribution in [0, 0.1) is 0 Å². The van der Waals surface area contributed by atoms with E-state index in [1.165, 1.54) is 0 Å². The summed E-state index contributed by atoms with van der Waals surface area (Å²) in [6, 6.07) is 0. The van der Waals surface area contributed by atoms with Crippen LogP contribution in [0.3, 0.4) is 0 Å². The van der Waals surface area contributed by atoms with E-state index in [0.29, 0.717) is 0 Å². The summed E-state index contributed by atoms with van der Waals surface area (Å²) in [5, 5.41) is 4.53. The third-order valence-corrected chi connectivity index (χ3v) is 1.14. The molecule has 0 bridgehead atoms. The molecule has 0 aromatic rings. The molecule has 0 amide bonds. The average Bonchev–Trinajstić information content (AvgIpc) is 1.59. The van der Waals surface area contributed by atoms with E-state index >= 15 is 0 Å². The molecule has 0 saturated carbocycles. The van der Waals surface area contributed by atoms with E-state index in [1.807, 2.05) is 4.72 Å². The van der Waals surface area contributed by atoms with Gasteiger partial charge in [-0.3, -0.25) is 0 Å². The van der Waals surface area contributed by atoms with E-state index in [4.69, 9.17) is 5.73 Å².